The lowest BCUT2D eigenvalue weighted by atomic mass is 10.0. The third kappa shape index (κ3) is 40.6. The van der Waals surface area contributed by atoms with Gasteiger partial charge < -0.3 is 51.6 Å². The van der Waals surface area contributed by atoms with Crippen molar-refractivity contribution in [2.45, 2.75) is 262 Å². The third-order valence-electron chi connectivity index (χ3n) is 12.5. The first-order valence-corrected chi connectivity index (χ1v) is 28.6. The summed E-state index contributed by atoms with van der Waals surface area (Å²) in [6, 6.07) is -3.45. The lowest BCUT2D eigenvalue weighted by Crippen LogP contribution is -2.67. The molecule has 0 aromatic carbocycles. The molecule has 0 saturated heterocycles. The molecule has 0 aliphatic heterocycles. The zero-order valence-corrected chi connectivity index (χ0v) is 45.2. The summed E-state index contributed by atoms with van der Waals surface area (Å²) < 4.78 is 11.3. The van der Waals surface area contributed by atoms with Gasteiger partial charge in [0.05, 0.1) is 0 Å². The number of ether oxygens (including phenoxy) is 2. The van der Waals surface area contributed by atoms with Crippen LogP contribution in [0.5, 0.6) is 0 Å². The van der Waals surface area contributed by atoms with Gasteiger partial charge in [-0.15, -0.1) is 0 Å². The van der Waals surface area contributed by atoms with Gasteiger partial charge in [0.15, 0.2) is 5.66 Å². The number of carboxylic acids is 4. The van der Waals surface area contributed by atoms with Gasteiger partial charge in [0.1, 0.15) is 24.8 Å². The molecule has 422 valence electrons. The van der Waals surface area contributed by atoms with Crippen LogP contribution in [0.3, 0.4) is 0 Å². The van der Waals surface area contributed by atoms with Crippen LogP contribution in [0.25, 0.3) is 0 Å². The van der Waals surface area contributed by atoms with Crippen LogP contribution in [0.4, 0.5) is 0 Å². The van der Waals surface area contributed by atoms with Crippen LogP contribution in [0.15, 0.2) is 0 Å². The zero-order valence-electron chi connectivity index (χ0n) is 44.4. The summed E-state index contributed by atoms with van der Waals surface area (Å²) in [6.45, 7) is 4.27. The highest BCUT2D eigenvalue weighted by molar-refractivity contribution is 7.99. The van der Waals surface area contributed by atoms with Crippen LogP contribution >= 0.6 is 11.8 Å². The fourth-order valence-corrected chi connectivity index (χ4v) is 8.97. The first kappa shape index (κ1) is 68.5. The van der Waals surface area contributed by atoms with Crippen molar-refractivity contribution in [3.05, 3.63) is 0 Å². The van der Waals surface area contributed by atoms with E-state index in [1.165, 1.54) is 127 Å². The fourth-order valence-electron chi connectivity index (χ4n) is 8.04. The van der Waals surface area contributed by atoms with Crippen LogP contribution in [0.1, 0.15) is 239 Å². The number of carbonyl (C=O) groups is 9. The minimum Gasteiger partial charge on any atom is -0.481 e. The van der Waals surface area contributed by atoms with Gasteiger partial charge in [-0.3, -0.25) is 38.4 Å². The number of hydrogen-bond donors (Lipinski definition) is 8. The second kappa shape index (κ2) is 45.0. The van der Waals surface area contributed by atoms with Crippen LogP contribution in [-0.2, 0) is 52.6 Å². The smallest absolute Gasteiger partial charge is 0.326 e. The largest absolute Gasteiger partial charge is 0.481 e. The summed E-state index contributed by atoms with van der Waals surface area (Å²) in [6.07, 6.45) is 25.9. The molecular weight excluding hydrogens is 965 g/mol. The summed E-state index contributed by atoms with van der Waals surface area (Å²) in [7, 11) is 0. The molecule has 0 aromatic rings. The number of rotatable bonds is 51. The van der Waals surface area contributed by atoms with Crippen molar-refractivity contribution in [3.8, 4) is 0 Å². The molecule has 9 N–H and O–H groups in total. The molecule has 0 heterocycles. The quantitative estimate of drug-likeness (QED) is 0.0160. The topological polar surface area (TPSA) is 315 Å². The average molecular weight is 1060 g/mol. The Balaban J connectivity index is 5.44. The monoisotopic (exact) mass is 1060 g/mol. The normalized spacial score (nSPS) is 13.2. The predicted octanol–water partition coefficient (Wildman–Crippen LogP) is 8.95. The highest BCUT2D eigenvalue weighted by Crippen LogP contribution is 2.18. The Bertz CT molecular complexity index is 1590. The lowest BCUT2D eigenvalue weighted by Gasteiger charge is -2.31. The van der Waals surface area contributed by atoms with Gasteiger partial charge in [-0.25, -0.2) is 4.79 Å². The first-order valence-electron chi connectivity index (χ1n) is 27.5. The van der Waals surface area contributed by atoms with Gasteiger partial charge in [0, 0.05) is 56.5 Å². The van der Waals surface area contributed by atoms with Crippen molar-refractivity contribution in [1.29, 1.82) is 0 Å². The van der Waals surface area contributed by atoms with E-state index in [0.717, 1.165) is 38.5 Å². The number of nitrogens with one attached hydrogen (secondary N) is 3. The Morgan fingerprint density at radius 2 is 0.918 bits per heavy atom. The van der Waals surface area contributed by atoms with Crippen molar-refractivity contribution in [2.75, 3.05) is 18.1 Å². The number of amides is 3. The Labute approximate surface area is 439 Å². The maximum Gasteiger partial charge on any atom is 0.326 e. The molecule has 19 nitrogen and oxygen atoms in total. The Kier molecular flexibility index (Phi) is 42.2. The standard InChI is InChI=1S/C53H94N4O15S/c1-3-5-7-9-11-13-15-17-19-21-23-25-27-29-48(65)71-39-41(72-49(66)30-28-26-24-22-20-18-16-14-12-10-8-6-4-2)40-73-38-36-44(58)57-53(54,37-35-47(63)64)52(70)56-42(31-33-45(59)60)50(67)55-43(51(68)69)32-34-46(61)62/h41-43H,3-40,54H2,1-2H3,(H,55,67)(H,56,70)(H,57,58)(H,59,60)(H,61,62)(H,63,64)(H,68,69)/t41-,42?,43?,53-/m1/s1. The molecular formula is C53H94N4O15S. The highest BCUT2D eigenvalue weighted by atomic mass is 32.2. The van der Waals surface area contributed by atoms with Crippen LogP contribution in [-0.4, -0.2) is 116 Å². The molecule has 2 unspecified atom stereocenters. The third-order valence-corrected chi connectivity index (χ3v) is 13.6. The Morgan fingerprint density at radius 3 is 1.34 bits per heavy atom. The van der Waals surface area contributed by atoms with Crippen molar-refractivity contribution in [1.82, 2.24) is 16.0 Å². The van der Waals surface area contributed by atoms with E-state index in [0.29, 0.717) is 12.8 Å². The Morgan fingerprint density at radius 1 is 0.507 bits per heavy atom. The van der Waals surface area contributed by atoms with Crippen molar-refractivity contribution in [3.63, 3.8) is 0 Å². The minimum atomic E-state index is -2.44. The van der Waals surface area contributed by atoms with E-state index < -0.39 is 116 Å². The molecule has 0 rings (SSSR count). The zero-order chi connectivity index (χ0) is 54.5. The SMILES string of the molecule is CCCCCCCCCCCCCCCC(=O)OC[C@H](CSCCC(=O)N[C@](N)(CCC(=O)O)C(=O)NC(CCC(=O)O)C(=O)NC(CCC(=O)O)C(=O)O)OC(=O)CCCCCCCCCCCCCCC. The first-order chi connectivity index (χ1) is 34.9. The summed E-state index contributed by atoms with van der Waals surface area (Å²) in [5, 5.41) is 43.7. The number of unbranched alkanes of at least 4 members (excludes halogenated alkanes) is 24. The number of nitrogens with two attached hydrogens (primary N) is 1. The summed E-state index contributed by atoms with van der Waals surface area (Å²) in [5.41, 5.74) is 3.84. The average Bonchev–Trinajstić information content (AvgIpc) is 3.33. The second-order valence-corrected chi connectivity index (χ2v) is 20.5. The molecule has 0 fully saturated rings. The van der Waals surface area contributed by atoms with E-state index >= 15 is 0 Å². The van der Waals surface area contributed by atoms with Gasteiger partial charge in [-0.05, 0) is 25.7 Å². The van der Waals surface area contributed by atoms with E-state index in [1.807, 2.05) is 0 Å². The maximum absolute atomic E-state index is 13.6. The van der Waals surface area contributed by atoms with Crippen molar-refractivity contribution < 1.29 is 73.1 Å². The Hall–Kier alpha value is -4.46. The fraction of sp³-hybridized carbons (Fsp3) is 0.830. The number of esters is 2. The van der Waals surface area contributed by atoms with E-state index in [2.05, 4.69) is 29.8 Å². The van der Waals surface area contributed by atoms with Gasteiger partial charge in [-0.1, -0.05) is 168 Å². The number of carboxylic acid groups (broad SMARTS) is 4. The lowest BCUT2D eigenvalue weighted by molar-refractivity contribution is -0.157. The van der Waals surface area contributed by atoms with E-state index in [1.54, 1.807) is 0 Å². The molecule has 3 amide bonds. The van der Waals surface area contributed by atoms with Gasteiger partial charge in [0.2, 0.25) is 11.8 Å². The molecule has 0 saturated carbocycles. The maximum atomic E-state index is 13.6. The van der Waals surface area contributed by atoms with Crippen molar-refractivity contribution in [2.24, 2.45) is 5.73 Å². The van der Waals surface area contributed by atoms with Gasteiger partial charge in [0.25, 0.3) is 5.91 Å². The summed E-state index contributed by atoms with van der Waals surface area (Å²) in [4.78, 5) is 111. The van der Waals surface area contributed by atoms with Gasteiger partial charge >= 0.3 is 35.8 Å². The van der Waals surface area contributed by atoms with Crippen LogP contribution < -0.4 is 21.7 Å². The molecule has 20 heteroatoms. The van der Waals surface area contributed by atoms with Gasteiger partial charge in [-0.2, -0.15) is 11.8 Å². The molecule has 0 aliphatic rings. The number of carbonyl (C=O) groups excluding carboxylic acids is 5. The van der Waals surface area contributed by atoms with E-state index in [4.69, 9.17) is 20.3 Å². The minimum absolute atomic E-state index is 0.0961. The molecule has 0 radical (unpaired) electrons. The molecule has 4 atom stereocenters. The highest BCUT2D eigenvalue weighted by Gasteiger charge is 2.39. The molecule has 0 aromatic heterocycles. The predicted molar refractivity (Wildman–Crippen MR) is 281 cm³/mol. The van der Waals surface area contributed by atoms with E-state index in [9.17, 15) is 58.5 Å². The molecule has 0 aliphatic carbocycles. The molecule has 73 heavy (non-hydrogen) atoms. The number of aliphatic carboxylic acids is 4. The second-order valence-electron chi connectivity index (χ2n) is 19.3. The molecule has 0 spiro atoms. The number of thioether (sulfide) groups is 1. The number of hydrogen-bond acceptors (Lipinski definition) is 13. The van der Waals surface area contributed by atoms with Crippen molar-refractivity contribution >= 4 is 65.3 Å². The van der Waals surface area contributed by atoms with E-state index in [-0.39, 0.29) is 37.4 Å². The molecule has 0 bridgehead atoms. The summed E-state index contributed by atoms with van der Waals surface area (Å²) >= 11 is 1.20. The summed E-state index contributed by atoms with van der Waals surface area (Å²) in [5.74, 6) is -9.51. The van der Waals surface area contributed by atoms with Crippen LogP contribution in [0.2, 0.25) is 0 Å². The van der Waals surface area contributed by atoms with Crippen LogP contribution in [0, 0.1) is 0 Å².